The van der Waals surface area contributed by atoms with Gasteiger partial charge in [-0.25, -0.2) is 0 Å². The number of thiol groups is 1. The molecule has 0 spiro atoms. The smallest absolute Gasteiger partial charge is 0.315 e. The molecule has 1 atom stereocenters. The summed E-state index contributed by atoms with van der Waals surface area (Å²) in [5, 5.41) is 0. The molecule has 1 unspecified atom stereocenters. The van der Waals surface area contributed by atoms with Gasteiger partial charge in [-0.15, -0.1) is 0 Å². The number of carbonyl (C=O) groups excluding carboxylic acids is 1. The summed E-state index contributed by atoms with van der Waals surface area (Å²) in [5.41, 5.74) is 0. The van der Waals surface area contributed by atoms with Crippen molar-refractivity contribution in [1.82, 2.24) is 0 Å². The standard InChI is InChI=1S/C8H16O2S/c1-3-7(2)4-5-10-8(9)6-11/h7,11H,3-6H2,1-2H3. The van der Waals surface area contributed by atoms with Crippen molar-refractivity contribution in [3.05, 3.63) is 0 Å². The highest BCUT2D eigenvalue weighted by Gasteiger charge is 2.01. The van der Waals surface area contributed by atoms with Crippen LogP contribution in [0, 0.1) is 5.92 Å². The molecule has 0 rings (SSSR count). The second-order valence-electron chi connectivity index (χ2n) is 2.68. The fourth-order valence-corrected chi connectivity index (χ4v) is 0.715. The molecule has 0 aliphatic carbocycles. The van der Waals surface area contributed by atoms with Crippen molar-refractivity contribution in [3.63, 3.8) is 0 Å². The third-order valence-corrected chi connectivity index (χ3v) is 1.96. The lowest BCUT2D eigenvalue weighted by Gasteiger charge is -2.07. The third-order valence-electron chi connectivity index (χ3n) is 1.70. The van der Waals surface area contributed by atoms with Gasteiger partial charge in [0.1, 0.15) is 0 Å². The summed E-state index contributed by atoms with van der Waals surface area (Å²) in [4.78, 5) is 10.6. The summed E-state index contributed by atoms with van der Waals surface area (Å²) in [6.45, 7) is 4.81. The molecule has 0 amide bonds. The molecule has 0 radical (unpaired) electrons. The number of esters is 1. The Kier molecular flexibility index (Phi) is 6.42. The molecule has 0 heterocycles. The number of rotatable bonds is 5. The van der Waals surface area contributed by atoms with E-state index in [9.17, 15) is 4.79 Å². The highest BCUT2D eigenvalue weighted by Crippen LogP contribution is 2.05. The molecule has 0 aromatic carbocycles. The zero-order chi connectivity index (χ0) is 8.69. The zero-order valence-corrected chi connectivity index (χ0v) is 8.06. The second-order valence-corrected chi connectivity index (χ2v) is 3.00. The van der Waals surface area contributed by atoms with Crippen LogP contribution < -0.4 is 0 Å². The predicted octanol–water partition coefficient (Wildman–Crippen LogP) is 1.90. The molecule has 0 fully saturated rings. The van der Waals surface area contributed by atoms with E-state index in [1.165, 1.54) is 0 Å². The van der Waals surface area contributed by atoms with E-state index in [1.807, 2.05) is 0 Å². The van der Waals surface area contributed by atoms with Crippen molar-refractivity contribution in [1.29, 1.82) is 0 Å². The molecule has 0 aromatic heterocycles. The first-order valence-corrected chi connectivity index (χ1v) is 4.60. The molecular formula is C8H16O2S. The summed E-state index contributed by atoms with van der Waals surface area (Å²) >= 11 is 3.79. The van der Waals surface area contributed by atoms with Gasteiger partial charge in [-0.3, -0.25) is 4.79 Å². The van der Waals surface area contributed by atoms with Gasteiger partial charge in [-0.1, -0.05) is 20.3 Å². The second kappa shape index (κ2) is 6.53. The maximum absolute atomic E-state index is 10.6. The monoisotopic (exact) mass is 176 g/mol. The largest absolute Gasteiger partial charge is 0.465 e. The average molecular weight is 176 g/mol. The summed E-state index contributed by atoms with van der Waals surface area (Å²) < 4.78 is 4.85. The molecular weight excluding hydrogens is 160 g/mol. The minimum absolute atomic E-state index is 0.181. The average Bonchev–Trinajstić information content (AvgIpc) is 2.04. The Balaban J connectivity index is 3.20. The maximum atomic E-state index is 10.6. The van der Waals surface area contributed by atoms with Gasteiger partial charge in [0.2, 0.25) is 0 Å². The molecule has 0 aliphatic heterocycles. The van der Waals surface area contributed by atoms with Crippen LogP contribution in [0.3, 0.4) is 0 Å². The predicted molar refractivity (Wildman–Crippen MR) is 48.9 cm³/mol. The van der Waals surface area contributed by atoms with Crippen LogP contribution in [0.4, 0.5) is 0 Å². The van der Waals surface area contributed by atoms with Crippen LogP contribution >= 0.6 is 12.6 Å². The minimum atomic E-state index is -0.225. The molecule has 11 heavy (non-hydrogen) atoms. The van der Waals surface area contributed by atoms with Crippen molar-refractivity contribution in [2.75, 3.05) is 12.4 Å². The lowest BCUT2D eigenvalue weighted by Crippen LogP contribution is -2.09. The maximum Gasteiger partial charge on any atom is 0.315 e. The van der Waals surface area contributed by atoms with Gasteiger partial charge < -0.3 is 4.74 Å². The molecule has 0 aromatic rings. The first kappa shape index (κ1) is 10.8. The Morgan fingerprint density at radius 3 is 2.73 bits per heavy atom. The first-order valence-electron chi connectivity index (χ1n) is 3.97. The van der Waals surface area contributed by atoms with Gasteiger partial charge >= 0.3 is 5.97 Å². The van der Waals surface area contributed by atoms with Crippen LogP contribution in [0.5, 0.6) is 0 Å². The summed E-state index contributed by atoms with van der Waals surface area (Å²) in [6, 6.07) is 0. The molecule has 3 heteroatoms. The summed E-state index contributed by atoms with van der Waals surface area (Å²) in [7, 11) is 0. The van der Waals surface area contributed by atoms with Crippen molar-refractivity contribution in [3.8, 4) is 0 Å². The molecule has 0 saturated carbocycles. The first-order chi connectivity index (χ1) is 5.20. The Morgan fingerprint density at radius 2 is 2.27 bits per heavy atom. The molecule has 0 aliphatic rings. The van der Waals surface area contributed by atoms with Gasteiger partial charge in [0, 0.05) is 0 Å². The van der Waals surface area contributed by atoms with Gasteiger partial charge in [0.25, 0.3) is 0 Å². The normalized spacial score (nSPS) is 12.6. The number of carbonyl (C=O) groups is 1. The highest BCUT2D eigenvalue weighted by molar-refractivity contribution is 7.81. The van der Waals surface area contributed by atoms with E-state index >= 15 is 0 Å². The molecule has 0 bridgehead atoms. The van der Waals surface area contributed by atoms with E-state index in [1.54, 1.807) is 0 Å². The Hall–Kier alpha value is -0.180. The van der Waals surface area contributed by atoms with Gasteiger partial charge in [-0.05, 0) is 12.3 Å². The van der Waals surface area contributed by atoms with E-state index < -0.39 is 0 Å². The fraction of sp³-hybridized carbons (Fsp3) is 0.875. The molecule has 66 valence electrons. The fourth-order valence-electron chi connectivity index (χ4n) is 0.624. The Morgan fingerprint density at radius 1 is 1.64 bits per heavy atom. The number of hydrogen-bond acceptors (Lipinski definition) is 3. The van der Waals surface area contributed by atoms with Crippen molar-refractivity contribution in [2.45, 2.75) is 26.7 Å². The van der Waals surface area contributed by atoms with Crippen molar-refractivity contribution >= 4 is 18.6 Å². The van der Waals surface area contributed by atoms with Crippen LogP contribution in [0.2, 0.25) is 0 Å². The van der Waals surface area contributed by atoms with Crippen molar-refractivity contribution in [2.24, 2.45) is 5.92 Å². The van der Waals surface area contributed by atoms with E-state index in [-0.39, 0.29) is 11.7 Å². The van der Waals surface area contributed by atoms with Crippen LogP contribution in [0.25, 0.3) is 0 Å². The lowest BCUT2D eigenvalue weighted by atomic mass is 10.1. The summed E-state index contributed by atoms with van der Waals surface area (Å²) in [5.74, 6) is 0.597. The van der Waals surface area contributed by atoms with E-state index in [0.717, 1.165) is 12.8 Å². The third kappa shape index (κ3) is 6.23. The molecule has 0 saturated heterocycles. The zero-order valence-electron chi connectivity index (χ0n) is 7.17. The van der Waals surface area contributed by atoms with Crippen LogP contribution in [-0.2, 0) is 9.53 Å². The van der Waals surface area contributed by atoms with E-state index in [4.69, 9.17) is 4.74 Å². The van der Waals surface area contributed by atoms with Crippen molar-refractivity contribution < 1.29 is 9.53 Å². The topological polar surface area (TPSA) is 26.3 Å². The van der Waals surface area contributed by atoms with Crippen LogP contribution in [0.15, 0.2) is 0 Å². The number of ether oxygens (including phenoxy) is 1. The van der Waals surface area contributed by atoms with Crippen LogP contribution in [-0.4, -0.2) is 18.3 Å². The number of hydrogen-bond donors (Lipinski definition) is 1. The highest BCUT2D eigenvalue weighted by atomic mass is 32.1. The SMILES string of the molecule is CCC(C)CCOC(=O)CS. The Labute approximate surface area is 73.7 Å². The van der Waals surface area contributed by atoms with E-state index in [0.29, 0.717) is 12.5 Å². The van der Waals surface area contributed by atoms with Gasteiger partial charge in [0.05, 0.1) is 12.4 Å². The quantitative estimate of drug-likeness (QED) is 0.511. The Bertz CT molecular complexity index is 115. The van der Waals surface area contributed by atoms with Gasteiger partial charge in [0.15, 0.2) is 0 Å². The van der Waals surface area contributed by atoms with E-state index in [2.05, 4.69) is 26.5 Å². The van der Waals surface area contributed by atoms with Crippen LogP contribution in [0.1, 0.15) is 26.7 Å². The minimum Gasteiger partial charge on any atom is -0.465 e. The van der Waals surface area contributed by atoms with Gasteiger partial charge in [-0.2, -0.15) is 12.6 Å². The lowest BCUT2D eigenvalue weighted by molar-refractivity contribution is -0.140. The molecule has 0 N–H and O–H groups in total. The summed E-state index contributed by atoms with van der Waals surface area (Å²) in [6.07, 6.45) is 2.09. The molecule has 2 nitrogen and oxygen atoms in total.